The number of benzene rings is 2. The van der Waals surface area contributed by atoms with E-state index in [-0.39, 0.29) is 17.4 Å². The number of hydrogen-bond acceptors (Lipinski definition) is 5. The predicted molar refractivity (Wildman–Crippen MR) is 116 cm³/mol. The standard InChI is InChI=1S/C21H20FN5O2S/c22-16-8-4-5-9-18(16)26-10-12-27(13-11-26)19(28)17-14-30-21(24-17)25-20(29)23-15-6-2-1-3-7-15/h1-9,14H,10-13H2,(H2,23,24,25,29). The van der Waals surface area contributed by atoms with Crippen molar-refractivity contribution in [1.29, 1.82) is 0 Å². The molecular weight excluding hydrogens is 405 g/mol. The topological polar surface area (TPSA) is 77.6 Å². The molecule has 2 heterocycles. The van der Waals surface area contributed by atoms with Gasteiger partial charge in [-0.15, -0.1) is 11.3 Å². The lowest BCUT2D eigenvalue weighted by atomic mass is 10.2. The lowest BCUT2D eigenvalue weighted by Crippen LogP contribution is -2.49. The summed E-state index contributed by atoms with van der Waals surface area (Å²) in [5, 5.41) is 7.32. The summed E-state index contributed by atoms with van der Waals surface area (Å²) in [5.74, 6) is -0.461. The molecule has 0 spiro atoms. The number of carbonyl (C=O) groups is 2. The van der Waals surface area contributed by atoms with Crippen molar-refractivity contribution in [3.8, 4) is 0 Å². The van der Waals surface area contributed by atoms with Gasteiger partial charge in [0.15, 0.2) is 5.13 Å². The van der Waals surface area contributed by atoms with Gasteiger partial charge in [-0.25, -0.2) is 14.2 Å². The molecule has 4 rings (SSSR count). The number of hydrogen-bond donors (Lipinski definition) is 2. The fraction of sp³-hybridized carbons (Fsp3) is 0.190. The Bertz CT molecular complexity index is 1030. The Morgan fingerprint density at radius 3 is 2.37 bits per heavy atom. The molecule has 30 heavy (non-hydrogen) atoms. The highest BCUT2D eigenvalue weighted by molar-refractivity contribution is 7.14. The van der Waals surface area contributed by atoms with Gasteiger partial charge in [0.25, 0.3) is 5.91 Å². The number of amides is 3. The maximum Gasteiger partial charge on any atom is 0.325 e. The van der Waals surface area contributed by atoms with Gasteiger partial charge in [0.05, 0.1) is 5.69 Å². The van der Waals surface area contributed by atoms with E-state index in [2.05, 4.69) is 15.6 Å². The molecule has 154 valence electrons. The number of nitrogens with one attached hydrogen (secondary N) is 2. The maximum absolute atomic E-state index is 14.0. The largest absolute Gasteiger partial charge is 0.366 e. The molecule has 1 aliphatic heterocycles. The number of carbonyl (C=O) groups excluding carboxylic acids is 2. The second-order valence-corrected chi connectivity index (χ2v) is 7.57. The van der Waals surface area contributed by atoms with Crippen molar-refractivity contribution in [1.82, 2.24) is 9.88 Å². The van der Waals surface area contributed by atoms with E-state index in [0.29, 0.717) is 42.7 Å². The molecule has 1 aromatic heterocycles. The third-order valence-electron chi connectivity index (χ3n) is 4.74. The SMILES string of the molecule is O=C(Nc1ccccc1)Nc1nc(C(=O)N2CCN(c3ccccc3F)CC2)cs1. The van der Waals surface area contributed by atoms with Crippen LogP contribution in [-0.4, -0.2) is 48.0 Å². The number of piperazine rings is 1. The normalized spacial score (nSPS) is 13.8. The summed E-state index contributed by atoms with van der Waals surface area (Å²) in [4.78, 5) is 32.7. The van der Waals surface area contributed by atoms with Gasteiger partial charge in [0.2, 0.25) is 0 Å². The van der Waals surface area contributed by atoms with Crippen LogP contribution in [0.2, 0.25) is 0 Å². The number of anilines is 3. The van der Waals surface area contributed by atoms with Gasteiger partial charge in [-0.2, -0.15) is 0 Å². The monoisotopic (exact) mass is 425 g/mol. The molecule has 3 amide bonds. The van der Waals surface area contributed by atoms with E-state index < -0.39 is 6.03 Å². The van der Waals surface area contributed by atoms with E-state index in [9.17, 15) is 14.0 Å². The average Bonchev–Trinajstić information content (AvgIpc) is 3.23. The minimum Gasteiger partial charge on any atom is -0.366 e. The van der Waals surface area contributed by atoms with Crippen LogP contribution in [0.15, 0.2) is 60.0 Å². The van der Waals surface area contributed by atoms with Crippen molar-refractivity contribution in [3.63, 3.8) is 0 Å². The number of aromatic nitrogens is 1. The zero-order valence-electron chi connectivity index (χ0n) is 16.0. The highest BCUT2D eigenvalue weighted by atomic mass is 32.1. The van der Waals surface area contributed by atoms with Crippen LogP contribution in [0.4, 0.5) is 25.7 Å². The summed E-state index contributed by atoms with van der Waals surface area (Å²) in [5.41, 5.74) is 1.50. The van der Waals surface area contributed by atoms with Crippen molar-refractivity contribution in [2.24, 2.45) is 0 Å². The summed E-state index contributed by atoms with van der Waals surface area (Å²) >= 11 is 1.19. The molecule has 0 unspecified atom stereocenters. The molecule has 1 saturated heterocycles. The van der Waals surface area contributed by atoms with E-state index in [0.717, 1.165) is 0 Å². The van der Waals surface area contributed by atoms with Crippen molar-refractivity contribution in [2.75, 3.05) is 41.7 Å². The van der Waals surface area contributed by atoms with Gasteiger partial charge < -0.3 is 15.1 Å². The molecule has 0 radical (unpaired) electrons. The number of para-hydroxylation sites is 2. The summed E-state index contributed by atoms with van der Waals surface area (Å²) in [6.45, 7) is 2.03. The summed E-state index contributed by atoms with van der Waals surface area (Å²) in [7, 11) is 0. The second kappa shape index (κ2) is 8.91. The molecule has 0 aliphatic carbocycles. The van der Waals surface area contributed by atoms with Crippen LogP contribution in [-0.2, 0) is 0 Å². The van der Waals surface area contributed by atoms with Crippen LogP contribution in [0.25, 0.3) is 0 Å². The van der Waals surface area contributed by atoms with E-state index >= 15 is 0 Å². The molecule has 1 fully saturated rings. The van der Waals surface area contributed by atoms with Gasteiger partial charge in [0, 0.05) is 37.2 Å². The quantitative estimate of drug-likeness (QED) is 0.665. The summed E-state index contributed by atoms with van der Waals surface area (Å²) in [6.07, 6.45) is 0. The highest BCUT2D eigenvalue weighted by Gasteiger charge is 2.25. The van der Waals surface area contributed by atoms with Crippen molar-refractivity contribution < 1.29 is 14.0 Å². The number of thiazole rings is 1. The minimum atomic E-state index is -0.423. The summed E-state index contributed by atoms with van der Waals surface area (Å²) < 4.78 is 14.0. The highest BCUT2D eigenvalue weighted by Crippen LogP contribution is 2.22. The molecule has 3 aromatic rings. The van der Waals surface area contributed by atoms with Gasteiger partial charge in [0.1, 0.15) is 11.5 Å². The Labute approximate surface area is 177 Å². The number of halogens is 1. The van der Waals surface area contributed by atoms with E-state index in [1.54, 1.807) is 40.6 Å². The molecule has 0 saturated carbocycles. The van der Waals surface area contributed by atoms with Crippen LogP contribution in [0.1, 0.15) is 10.5 Å². The van der Waals surface area contributed by atoms with E-state index in [4.69, 9.17) is 0 Å². The van der Waals surface area contributed by atoms with Crippen LogP contribution in [0.3, 0.4) is 0 Å². The lowest BCUT2D eigenvalue weighted by Gasteiger charge is -2.35. The van der Waals surface area contributed by atoms with Crippen LogP contribution in [0.5, 0.6) is 0 Å². The smallest absolute Gasteiger partial charge is 0.325 e. The second-order valence-electron chi connectivity index (χ2n) is 6.71. The zero-order valence-corrected chi connectivity index (χ0v) is 16.9. The summed E-state index contributed by atoms with van der Waals surface area (Å²) in [6, 6.07) is 15.3. The number of rotatable bonds is 4. The predicted octanol–water partition coefficient (Wildman–Crippen LogP) is 3.89. The fourth-order valence-electron chi connectivity index (χ4n) is 3.23. The van der Waals surface area contributed by atoms with E-state index in [1.165, 1.54) is 17.4 Å². The van der Waals surface area contributed by atoms with Gasteiger partial charge >= 0.3 is 6.03 Å². The number of urea groups is 1. The Morgan fingerprint density at radius 2 is 1.63 bits per heavy atom. The Balaban J connectivity index is 1.32. The van der Waals surface area contributed by atoms with Crippen molar-refractivity contribution in [2.45, 2.75) is 0 Å². The van der Waals surface area contributed by atoms with Crippen molar-refractivity contribution in [3.05, 3.63) is 71.5 Å². The Hall–Kier alpha value is -3.46. The minimum absolute atomic E-state index is 0.198. The maximum atomic E-state index is 14.0. The third-order valence-corrected chi connectivity index (χ3v) is 5.49. The molecule has 0 bridgehead atoms. The first kappa shape index (κ1) is 19.8. The van der Waals surface area contributed by atoms with Gasteiger partial charge in [-0.1, -0.05) is 30.3 Å². The lowest BCUT2D eigenvalue weighted by molar-refractivity contribution is 0.0741. The molecular formula is C21H20FN5O2S. The molecule has 9 heteroatoms. The average molecular weight is 425 g/mol. The molecule has 0 atom stereocenters. The van der Waals surface area contributed by atoms with E-state index in [1.807, 2.05) is 23.1 Å². The Morgan fingerprint density at radius 1 is 0.933 bits per heavy atom. The first-order valence-corrected chi connectivity index (χ1v) is 10.4. The van der Waals surface area contributed by atoms with Gasteiger partial charge in [-0.05, 0) is 24.3 Å². The molecule has 7 nitrogen and oxygen atoms in total. The van der Waals surface area contributed by atoms with Crippen molar-refractivity contribution >= 4 is 39.8 Å². The molecule has 1 aliphatic rings. The number of nitrogens with zero attached hydrogens (tertiary/aromatic N) is 3. The molecule has 2 N–H and O–H groups in total. The zero-order chi connectivity index (χ0) is 20.9. The van der Waals surface area contributed by atoms with Gasteiger partial charge in [-0.3, -0.25) is 10.1 Å². The van der Waals surface area contributed by atoms with Crippen LogP contribution < -0.4 is 15.5 Å². The fourth-order valence-corrected chi connectivity index (χ4v) is 3.91. The Kier molecular flexibility index (Phi) is 5.89. The van der Waals surface area contributed by atoms with Crippen LogP contribution >= 0.6 is 11.3 Å². The first-order valence-electron chi connectivity index (χ1n) is 9.47. The van der Waals surface area contributed by atoms with Crippen LogP contribution in [0, 0.1) is 5.82 Å². The first-order chi connectivity index (χ1) is 14.6. The third kappa shape index (κ3) is 4.57. The molecule has 2 aromatic carbocycles.